The van der Waals surface area contributed by atoms with Crippen molar-refractivity contribution in [3.8, 4) is 0 Å². The minimum Gasteiger partial charge on any atom is -0.345 e. The van der Waals surface area contributed by atoms with Crippen molar-refractivity contribution >= 4 is 29.1 Å². The van der Waals surface area contributed by atoms with Gasteiger partial charge in [-0.3, -0.25) is 9.59 Å². The van der Waals surface area contributed by atoms with E-state index < -0.39 is 6.04 Å². The number of anilines is 1. The quantitative estimate of drug-likeness (QED) is 0.571. The summed E-state index contributed by atoms with van der Waals surface area (Å²) in [5, 5.41) is 6.25. The molecular weight excluding hydrogens is 384 g/mol. The summed E-state index contributed by atoms with van der Waals surface area (Å²) in [5.41, 5.74) is 4.13. The Balaban J connectivity index is 1.78. The van der Waals surface area contributed by atoms with Crippen LogP contribution in [0.4, 0.5) is 5.69 Å². The van der Waals surface area contributed by atoms with Crippen molar-refractivity contribution < 1.29 is 9.59 Å². The number of carbonyl (C=O) groups is 2. The van der Waals surface area contributed by atoms with Crippen molar-refractivity contribution in [2.45, 2.75) is 26.3 Å². The molecule has 1 atom stereocenters. The molecule has 4 nitrogen and oxygen atoms in total. The van der Waals surface area contributed by atoms with Gasteiger partial charge in [-0.25, -0.2) is 0 Å². The monoisotopic (exact) mass is 406 g/mol. The van der Waals surface area contributed by atoms with Crippen molar-refractivity contribution in [2.75, 3.05) is 5.32 Å². The second kappa shape index (κ2) is 9.39. The first-order valence-corrected chi connectivity index (χ1v) is 9.78. The van der Waals surface area contributed by atoms with Gasteiger partial charge in [-0.1, -0.05) is 60.1 Å². The number of hydrogen-bond donors (Lipinski definition) is 2. The van der Waals surface area contributed by atoms with Gasteiger partial charge in [0.15, 0.2) is 0 Å². The van der Waals surface area contributed by atoms with Crippen molar-refractivity contribution in [1.29, 1.82) is 0 Å². The van der Waals surface area contributed by atoms with Crippen LogP contribution >= 0.6 is 11.6 Å². The first kappa shape index (κ1) is 20.6. The van der Waals surface area contributed by atoms with Crippen molar-refractivity contribution in [1.82, 2.24) is 5.32 Å². The van der Waals surface area contributed by atoms with Gasteiger partial charge in [-0.05, 0) is 54.8 Å². The second-order valence-electron chi connectivity index (χ2n) is 7.05. The van der Waals surface area contributed by atoms with Crippen LogP contribution in [0.2, 0.25) is 5.02 Å². The molecule has 0 aliphatic heterocycles. The molecule has 0 radical (unpaired) electrons. The van der Waals surface area contributed by atoms with Crippen LogP contribution in [-0.4, -0.2) is 11.8 Å². The molecule has 5 heteroatoms. The number of nitrogens with one attached hydrogen (secondary N) is 2. The molecule has 148 valence electrons. The molecule has 0 saturated carbocycles. The normalized spacial score (nSPS) is 11.6. The summed E-state index contributed by atoms with van der Waals surface area (Å²) in [5.74, 6) is -0.494. The Morgan fingerprint density at radius 3 is 2.17 bits per heavy atom. The van der Waals surface area contributed by atoms with Crippen molar-refractivity contribution in [2.24, 2.45) is 0 Å². The molecule has 0 aromatic heterocycles. The summed E-state index contributed by atoms with van der Waals surface area (Å²) in [6.45, 7) is 3.97. The molecule has 3 rings (SSSR count). The Labute approximate surface area is 175 Å². The van der Waals surface area contributed by atoms with Gasteiger partial charge in [-0.2, -0.15) is 0 Å². The number of halogens is 1. The van der Waals surface area contributed by atoms with E-state index in [0.717, 1.165) is 22.4 Å². The Kier molecular flexibility index (Phi) is 6.68. The first-order chi connectivity index (χ1) is 13.9. The zero-order valence-electron chi connectivity index (χ0n) is 16.4. The smallest absolute Gasteiger partial charge is 0.253 e. The van der Waals surface area contributed by atoms with E-state index in [1.54, 1.807) is 24.3 Å². The second-order valence-corrected chi connectivity index (χ2v) is 7.45. The highest BCUT2D eigenvalue weighted by molar-refractivity contribution is 6.33. The fourth-order valence-corrected chi connectivity index (χ4v) is 3.48. The number of amides is 2. The lowest BCUT2D eigenvalue weighted by atomic mass is 10.0. The number of rotatable bonds is 6. The largest absolute Gasteiger partial charge is 0.345 e. The lowest BCUT2D eigenvalue weighted by Gasteiger charge is -2.20. The van der Waals surface area contributed by atoms with Gasteiger partial charge in [0.2, 0.25) is 5.91 Å². The molecule has 0 unspecified atom stereocenters. The maximum Gasteiger partial charge on any atom is 0.253 e. The van der Waals surface area contributed by atoms with Crippen LogP contribution in [0.25, 0.3) is 0 Å². The van der Waals surface area contributed by atoms with E-state index in [2.05, 4.69) is 10.6 Å². The van der Waals surface area contributed by atoms with Crippen molar-refractivity contribution in [3.63, 3.8) is 0 Å². The Morgan fingerprint density at radius 1 is 0.897 bits per heavy atom. The topological polar surface area (TPSA) is 58.2 Å². The predicted molar refractivity (Wildman–Crippen MR) is 117 cm³/mol. The third-order valence-corrected chi connectivity index (χ3v) is 4.85. The molecule has 0 aliphatic rings. The van der Waals surface area contributed by atoms with Crippen LogP contribution in [0, 0.1) is 13.8 Å². The highest BCUT2D eigenvalue weighted by Crippen LogP contribution is 2.21. The van der Waals surface area contributed by atoms with E-state index in [-0.39, 0.29) is 18.2 Å². The van der Waals surface area contributed by atoms with E-state index in [0.29, 0.717) is 10.6 Å². The van der Waals surface area contributed by atoms with Crippen LogP contribution in [0.1, 0.15) is 39.5 Å². The summed E-state index contributed by atoms with van der Waals surface area (Å²) >= 11 is 6.15. The van der Waals surface area contributed by atoms with Crippen LogP contribution in [0.15, 0.2) is 72.8 Å². The highest BCUT2D eigenvalue weighted by Gasteiger charge is 2.20. The van der Waals surface area contributed by atoms with E-state index in [1.807, 2.05) is 62.4 Å². The molecular formula is C24H23ClN2O2. The van der Waals surface area contributed by atoms with E-state index in [4.69, 9.17) is 11.6 Å². The number of aryl methyl sites for hydroxylation is 2. The Bertz CT molecular complexity index is 998. The number of hydrogen-bond acceptors (Lipinski definition) is 2. The summed E-state index contributed by atoms with van der Waals surface area (Å²) in [6.07, 6.45) is 0.104. The van der Waals surface area contributed by atoms with Crippen LogP contribution in [0.5, 0.6) is 0 Å². The maximum atomic E-state index is 12.8. The minimum absolute atomic E-state index is 0.104. The summed E-state index contributed by atoms with van der Waals surface area (Å²) in [6, 6.07) is 21.7. The van der Waals surface area contributed by atoms with Crippen LogP contribution < -0.4 is 10.6 Å². The lowest BCUT2D eigenvalue weighted by Crippen LogP contribution is -2.31. The summed E-state index contributed by atoms with van der Waals surface area (Å²) in [4.78, 5) is 25.5. The number of carbonyl (C=O) groups excluding carboxylic acids is 2. The molecule has 0 bridgehead atoms. The maximum absolute atomic E-state index is 12.8. The molecule has 0 saturated heterocycles. The Morgan fingerprint density at radius 2 is 1.52 bits per heavy atom. The third kappa shape index (κ3) is 5.69. The predicted octanol–water partition coefficient (Wildman–Crippen LogP) is 5.46. The summed E-state index contributed by atoms with van der Waals surface area (Å²) < 4.78 is 0. The fourth-order valence-electron chi connectivity index (χ4n) is 3.26. The Hall–Kier alpha value is -3.11. The van der Waals surface area contributed by atoms with Crippen LogP contribution in [0.3, 0.4) is 0 Å². The SMILES string of the molecule is Cc1cc(C)cc(NC(=O)C[C@@H](NC(=O)c2ccccc2Cl)c2ccccc2)c1. The van der Waals surface area contributed by atoms with Crippen molar-refractivity contribution in [3.05, 3.63) is 100 Å². The molecule has 2 N–H and O–H groups in total. The standard InChI is InChI=1S/C24H23ClN2O2/c1-16-12-17(2)14-19(13-16)26-23(28)15-22(18-8-4-3-5-9-18)27-24(29)20-10-6-7-11-21(20)25/h3-14,22H,15H2,1-2H3,(H,26,28)(H,27,29)/t22-/m1/s1. The van der Waals surface area contributed by atoms with Gasteiger partial charge < -0.3 is 10.6 Å². The van der Waals surface area contributed by atoms with E-state index >= 15 is 0 Å². The van der Waals surface area contributed by atoms with E-state index in [1.165, 1.54) is 0 Å². The minimum atomic E-state index is -0.481. The molecule has 0 aliphatic carbocycles. The zero-order chi connectivity index (χ0) is 20.8. The lowest BCUT2D eigenvalue weighted by molar-refractivity contribution is -0.116. The molecule has 2 amide bonds. The summed E-state index contributed by atoms with van der Waals surface area (Å²) in [7, 11) is 0. The van der Waals surface area contributed by atoms with E-state index in [9.17, 15) is 9.59 Å². The van der Waals surface area contributed by atoms with Gasteiger partial charge in [0.1, 0.15) is 0 Å². The van der Waals surface area contributed by atoms with Gasteiger partial charge in [0.05, 0.1) is 23.0 Å². The molecule has 0 spiro atoms. The average molecular weight is 407 g/mol. The molecule has 3 aromatic carbocycles. The highest BCUT2D eigenvalue weighted by atomic mass is 35.5. The first-order valence-electron chi connectivity index (χ1n) is 9.41. The van der Waals surface area contributed by atoms with Gasteiger partial charge in [0.25, 0.3) is 5.91 Å². The zero-order valence-corrected chi connectivity index (χ0v) is 17.2. The molecule has 0 fully saturated rings. The van der Waals surface area contributed by atoms with Crippen LogP contribution in [-0.2, 0) is 4.79 Å². The average Bonchev–Trinajstić information content (AvgIpc) is 2.67. The van der Waals surface area contributed by atoms with Gasteiger partial charge in [0, 0.05) is 5.69 Å². The number of benzene rings is 3. The molecule has 29 heavy (non-hydrogen) atoms. The fraction of sp³-hybridized carbons (Fsp3) is 0.167. The molecule has 3 aromatic rings. The molecule has 0 heterocycles. The van der Waals surface area contributed by atoms with Gasteiger partial charge in [-0.15, -0.1) is 0 Å². The third-order valence-electron chi connectivity index (χ3n) is 4.52. The van der Waals surface area contributed by atoms with Gasteiger partial charge >= 0.3 is 0 Å².